The summed E-state index contributed by atoms with van der Waals surface area (Å²) >= 11 is 0. The van der Waals surface area contributed by atoms with Crippen molar-refractivity contribution in [1.82, 2.24) is 4.98 Å². The molecule has 1 rings (SSSR count). The van der Waals surface area contributed by atoms with Crippen LogP contribution in [0.5, 0.6) is 5.75 Å². The maximum absolute atomic E-state index is 10.7. The Labute approximate surface area is 82.5 Å². The van der Waals surface area contributed by atoms with Gasteiger partial charge in [-0.3, -0.25) is 9.78 Å². The van der Waals surface area contributed by atoms with Crippen LogP contribution < -0.4 is 4.74 Å². The van der Waals surface area contributed by atoms with Crippen LogP contribution in [0.15, 0.2) is 18.5 Å². The zero-order valence-electron chi connectivity index (χ0n) is 8.23. The fourth-order valence-corrected chi connectivity index (χ4v) is 1.06. The molecule has 0 aliphatic heterocycles. The van der Waals surface area contributed by atoms with E-state index in [2.05, 4.69) is 4.98 Å². The first-order valence-corrected chi connectivity index (χ1v) is 4.45. The number of carbonyl (C=O) groups is 1. The molecule has 0 bridgehead atoms. The molecule has 0 unspecified atom stereocenters. The number of hydrogen-bond donors (Lipinski definition) is 1. The lowest BCUT2D eigenvalue weighted by atomic mass is 10.0. The number of carboxylic acid groups (broad SMARTS) is 1. The molecule has 14 heavy (non-hydrogen) atoms. The van der Waals surface area contributed by atoms with Crippen molar-refractivity contribution in [2.24, 2.45) is 0 Å². The first-order chi connectivity index (χ1) is 6.65. The van der Waals surface area contributed by atoms with Gasteiger partial charge in [-0.15, -0.1) is 0 Å². The minimum atomic E-state index is -0.861. The Morgan fingerprint density at radius 1 is 1.64 bits per heavy atom. The summed E-state index contributed by atoms with van der Waals surface area (Å²) in [5.41, 5.74) is 0.656. The van der Waals surface area contributed by atoms with E-state index in [0.717, 1.165) is 0 Å². The van der Waals surface area contributed by atoms with Crippen molar-refractivity contribution in [2.75, 3.05) is 6.61 Å². The fraction of sp³-hybridized carbons (Fsp3) is 0.400. The van der Waals surface area contributed by atoms with Crippen LogP contribution in [-0.4, -0.2) is 22.7 Å². The molecule has 4 heteroatoms. The molecule has 1 atom stereocenters. The van der Waals surface area contributed by atoms with Crippen LogP contribution in [0.1, 0.15) is 25.3 Å². The molecular formula is C10H13NO3. The van der Waals surface area contributed by atoms with Gasteiger partial charge in [0.05, 0.1) is 18.7 Å². The lowest BCUT2D eigenvalue weighted by Gasteiger charge is -2.08. The van der Waals surface area contributed by atoms with Gasteiger partial charge in [-0.2, -0.15) is 0 Å². The van der Waals surface area contributed by atoms with Crippen molar-refractivity contribution in [3.05, 3.63) is 24.0 Å². The van der Waals surface area contributed by atoms with Crippen LogP contribution in [0.4, 0.5) is 0 Å². The maximum Gasteiger partial charge on any atom is 0.310 e. The first-order valence-electron chi connectivity index (χ1n) is 4.45. The Kier molecular flexibility index (Phi) is 3.45. The van der Waals surface area contributed by atoms with Gasteiger partial charge in [0, 0.05) is 6.20 Å². The third-order valence-corrected chi connectivity index (χ3v) is 1.92. The molecule has 0 fully saturated rings. The number of aliphatic carboxylic acids is 1. The standard InChI is InChI=1S/C10H13NO3/c1-3-14-9-4-8(5-11-6-9)7(2)10(12)13/h4-7H,3H2,1-2H3,(H,12,13)/t7-/m1/s1. The molecular weight excluding hydrogens is 182 g/mol. The number of ether oxygens (including phenoxy) is 1. The number of aromatic nitrogens is 1. The van der Waals surface area contributed by atoms with Gasteiger partial charge in [0.2, 0.25) is 0 Å². The highest BCUT2D eigenvalue weighted by molar-refractivity contribution is 5.75. The van der Waals surface area contributed by atoms with Crippen molar-refractivity contribution >= 4 is 5.97 Å². The second kappa shape index (κ2) is 4.60. The SMILES string of the molecule is CCOc1cncc([C@@H](C)C(=O)O)c1. The molecule has 0 amide bonds. The topological polar surface area (TPSA) is 59.4 Å². The Morgan fingerprint density at radius 3 is 2.93 bits per heavy atom. The molecule has 0 aliphatic carbocycles. The third-order valence-electron chi connectivity index (χ3n) is 1.92. The second-order valence-electron chi connectivity index (χ2n) is 2.95. The smallest absolute Gasteiger partial charge is 0.310 e. The number of rotatable bonds is 4. The highest BCUT2D eigenvalue weighted by Gasteiger charge is 2.14. The average molecular weight is 195 g/mol. The lowest BCUT2D eigenvalue weighted by molar-refractivity contribution is -0.138. The van der Waals surface area contributed by atoms with E-state index in [4.69, 9.17) is 9.84 Å². The monoisotopic (exact) mass is 195 g/mol. The molecule has 0 saturated heterocycles. The summed E-state index contributed by atoms with van der Waals surface area (Å²) < 4.78 is 5.22. The van der Waals surface area contributed by atoms with Gasteiger partial charge >= 0.3 is 5.97 Å². The zero-order valence-corrected chi connectivity index (χ0v) is 8.23. The van der Waals surface area contributed by atoms with Crippen molar-refractivity contribution in [2.45, 2.75) is 19.8 Å². The van der Waals surface area contributed by atoms with E-state index in [0.29, 0.717) is 17.9 Å². The quantitative estimate of drug-likeness (QED) is 0.793. The molecule has 0 radical (unpaired) electrons. The van der Waals surface area contributed by atoms with Crippen molar-refractivity contribution < 1.29 is 14.6 Å². The number of nitrogens with zero attached hydrogens (tertiary/aromatic N) is 1. The van der Waals surface area contributed by atoms with Crippen LogP contribution in [-0.2, 0) is 4.79 Å². The van der Waals surface area contributed by atoms with E-state index in [1.54, 1.807) is 25.4 Å². The highest BCUT2D eigenvalue weighted by Crippen LogP contribution is 2.19. The van der Waals surface area contributed by atoms with Gasteiger partial charge in [0.1, 0.15) is 5.75 Å². The summed E-state index contributed by atoms with van der Waals surface area (Å²) in [6, 6.07) is 1.70. The van der Waals surface area contributed by atoms with Gasteiger partial charge in [0.15, 0.2) is 0 Å². The number of pyridine rings is 1. The van der Waals surface area contributed by atoms with Gasteiger partial charge in [-0.05, 0) is 25.5 Å². The maximum atomic E-state index is 10.7. The minimum Gasteiger partial charge on any atom is -0.492 e. The summed E-state index contributed by atoms with van der Waals surface area (Å²) in [5, 5.41) is 8.79. The summed E-state index contributed by atoms with van der Waals surface area (Å²) in [6.07, 6.45) is 3.11. The number of carboxylic acids is 1. The van der Waals surface area contributed by atoms with Gasteiger partial charge in [-0.25, -0.2) is 0 Å². The van der Waals surface area contributed by atoms with Crippen LogP contribution >= 0.6 is 0 Å². The Morgan fingerprint density at radius 2 is 2.36 bits per heavy atom. The Hall–Kier alpha value is -1.58. The molecule has 0 aliphatic rings. The molecule has 0 aromatic carbocycles. The Bertz CT molecular complexity index is 325. The van der Waals surface area contributed by atoms with Gasteiger partial charge in [0.25, 0.3) is 0 Å². The van der Waals surface area contributed by atoms with E-state index in [-0.39, 0.29) is 0 Å². The highest BCUT2D eigenvalue weighted by atomic mass is 16.5. The van der Waals surface area contributed by atoms with E-state index in [9.17, 15) is 4.79 Å². The van der Waals surface area contributed by atoms with E-state index >= 15 is 0 Å². The van der Waals surface area contributed by atoms with Crippen molar-refractivity contribution in [3.63, 3.8) is 0 Å². The predicted octanol–water partition coefficient (Wildman–Crippen LogP) is 1.67. The molecule has 1 N–H and O–H groups in total. The molecule has 76 valence electrons. The zero-order chi connectivity index (χ0) is 10.6. The largest absolute Gasteiger partial charge is 0.492 e. The second-order valence-corrected chi connectivity index (χ2v) is 2.95. The number of hydrogen-bond acceptors (Lipinski definition) is 3. The summed E-state index contributed by atoms with van der Waals surface area (Å²) in [5.74, 6) is -0.804. The predicted molar refractivity (Wildman–Crippen MR) is 51.5 cm³/mol. The molecule has 1 aromatic rings. The molecule has 1 aromatic heterocycles. The van der Waals surface area contributed by atoms with Gasteiger partial charge in [-0.1, -0.05) is 0 Å². The Balaban J connectivity index is 2.87. The lowest BCUT2D eigenvalue weighted by Crippen LogP contribution is -2.08. The van der Waals surface area contributed by atoms with Crippen molar-refractivity contribution in [1.29, 1.82) is 0 Å². The molecule has 0 saturated carbocycles. The minimum absolute atomic E-state index is 0.548. The van der Waals surface area contributed by atoms with E-state index in [1.165, 1.54) is 0 Å². The normalized spacial score (nSPS) is 12.1. The van der Waals surface area contributed by atoms with Gasteiger partial charge < -0.3 is 9.84 Å². The average Bonchev–Trinajstić information content (AvgIpc) is 2.17. The third kappa shape index (κ3) is 2.45. The molecule has 0 spiro atoms. The summed E-state index contributed by atoms with van der Waals surface area (Å²) in [4.78, 5) is 14.6. The van der Waals surface area contributed by atoms with Crippen molar-refractivity contribution in [3.8, 4) is 5.75 Å². The van der Waals surface area contributed by atoms with E-state index in [1.807, 2.05) is 6.92 Å². The van der Waals surface area contributed by atoms with E-state index < -0.39 is 11.9 Å². The van der Waals surface area contributed by atoms with Crippen LogP contribution in [0.3, 0.4) is 0 Å². The summed E-state index contributed by atoms with van der Waals surface area (Å²) in [7, 11) is 0. The van der Waals surface area contributed by atoms with Crippen LogP contribution in [0.2, 0.25) is 0 Å². The first kappa shape index (κ1) is 10.5. The fourth-order valence-electron chi connectivity index (χ4n) is 1.06. The summed E-state index contributed by atoms with van der Waals surface area (Å²) in [6.45, 7) is 4.04. The van der Waals surface area contributed by atoms with Crippen LogP contribution in [0.25, 0.3) is 0 Å². The molecule has 1 heterocycles. The molecule has 4 nitrogen and oxygen atoms in total. The van der Waals surface area contributed by atoms with Crippen LogP contribution in [0, 0.1) is 0 Å².